The summed E-state index contributed by atoms with van der Waals surface area (Å²) in [7, 11) is 0. The largest absolute Gasteiger partial charge is 0.394 e. The van der Waals surface area contributed by atoms with E-state index >= 15 is 0 Å². The van der Waals surface area contributed by atoms with E-state index in [1.807, 2.05) is 19.3 Å². The third-order valence-electron chi connectivity index (χ3n) is 3.42. The molecular weight excluding hydrogens is 190 g/mol. The van der Waals surface area contributed by atoms with E-state index in [2.05, 4.69) is 9.55 Å². The fourth-order valence-electron chi connectivity index (χ4n) is 2.52. The summed E-state index contributed by atoms with van der Waals surface area (Å²) >= 11 is 0. The van der Waals surface area contributed by atoms with E-state index in [-0.39, 0.29) is 12.1 Å². The third kappa shape index (κ3) is 2.06. The van der Waals surface area contributed by atoms with Crippen molar-refractivity contribution < 1.29 is 5.11 Å². The highest BCUT2D eigenvalue weighted by Gasteiger charge is 2.33. The predicted octanol–water partition coefficient (Wildman–Crippen LogP) is 0.996. The van der Waals surface area contributed by atoms with E-state index in [1.165, 1.54) is 0 Å². The van der Waals surface area contributed by atoms with Gasteiger partial charge in [0.15, 0.2) is 0 Å². The van der Waals surface area contributed by atoms with Crippen LogP contribution in [0.3, 0.4) is 0 Å². The first-order valence-corrected chi connectivity index (χ1v) is 5.54. The average Bonchev–Trinajstić information content (AvgIpc) is 2.65. The fraction of sp³-hybridized carbons (Fsp3) is 0.727. The summed E-state index contributed by atoms with van der Waals surface area (Å²) in [5, 5.41) is 9.28. The van der Waals surface area contributed by atoms with Gasteiger partial charge in [-0.05, 0) is 32.6 Å². The molecule has 0 radical (unpaired) electrons. The Morgan fingerprint density at radius 2 is 2.53 bits per heavy atom. The van der Waals surface area contributed by atoms with Gasteiger partial charge in [-0.3, -0.25) is 0 Å². The van der Waals surface area contributed by atoms with Crippen LogP contribution in [0.2, 0.25) is 0 Å². The maximum absolute atomic E-state index is 9.28. The number of aliphatic hydroxyl groups excluding tert-OH is 1. The molecule has 3 N–H and O–H groups in total. The monoisotopic (exact) mass is 209 g/mol. The van der Waals surface area contributed by atoms with Gasteiger partial charge in [0, 0.05) is 24.0 Å². The van der Waals surface area contributed by atoms with Gasteiger partial charge in [0.2, 0.25) is 0 Å². The van der Waals surface area contributed by atoms with E-state index in [0.717, 1.165) is 31.5 Å². The van der Waals surface area contributed by atoms with Crippen LogP contribution in [0.25, 0.3) is 0 Å². The van der Waals surface area contributed by atoms with Crippen LogP contribution in [0.4, 0.5) is 0 Å². The van der Waals surface area contributed by atoms with Crippen LogP contribution in [-0.2, 0) is 0 Å². The normalized spacial score (nSPS) is 31.8. The summed E-state index contributed by atoms with van der Waals surface area (Å²) in [4.78, 5) is 4.23. The number of hydrogen-bond donors (Lipinski definition) is 2. The second-order valence-corrected chi connectivity index (χ2v) is 4.65. The number of nitrogens with zero attached hydrogens (tertiary/aromatic N) is 2. The van der Waals surface area contributed by atoms with Crippen molar-refractivity contribution in [2.45, 2.75) is 44.2 Å². The fourth-order valence-corrected chi connectivity index (χ4v) is 2.52. The molecule has 1 aliphatic carbocycles. The number of imidazole rings is 1. The van der Waals surface area contributed by atoms with Gasteiger partial charge in [-0.25, -0.2) is 4.98 Å². The molecule has 0 bridgehead atoms. The highest BCUT2D eigenvalue weighted by atomic mass is 16.3. The Kier molecular flexibility index (Phi) is 2.80. The van der Waals surface area contributed by atoms with Crippen molar-refractivity contribution in [1.29, 1.82) is 0 Å². The molecule has 1 saturated carbocycles. The third-order valence-corrected chi connectivity index (χ3v) is 3.42. The minimum Gasteiger partial charge on any atom is -0.394 e. The van der Waals surface area contributed by atoms with Crippen LogP contribution in [0.1, 0.15) is 37.5 Å². The standard InChI is InChI=1S/C11H19N3O/c1-9-13-5-6-14(9)10-3-2-4-11(12,7-10)8-15/h5-6,10,15H,2-4,7-8,12H2,1H3. The Labute approximate surface area is 90.1 Å². The molecule has 1 heterocycles. The number of rotatable bonds is 2. The summed E-state index contributed by atoms with van der Waals surface area (Å²) in [6.45, 7) is 2.09. The minimum atomic E-state index is -0.389. The van der Waals surface area contributed by atoms with Gasteiger partial charge in [-0.1, -0.05) is 0 Å². The van der Waals surface area contributed by atoms with Crippen LogP contribution >= 0.6 is 0 Å². The molecule has 0 amide bonds. The van der Waals surface area contributed by atoms with Crippen LogP contribution in [0.5, 0.6) is 0 Å². The van der Waals surface area contributed by atoms with E-state index < -0.39 is 0 Å². The zero-order chi connectivity index (χ0) is 10.9. The maximum Gasteiger partial charge on any atom is 0.105 e. The summed E-state index contributed by atoms with van der Waals surface area (Å²) in [5.41, 5.74) is 5.73. The number of aromatic nitrogens is 2. The quantitative estimate of drug-likeness (QED) is 0.763. The van der Waals surface area contributed by atoms with Crippen molar-refractivity contribution in [1.82, 2.24) is 9.55 Å². The number of aliphatic hydroxyl groups is 1. The Morgan fingerprint density at radius 3 is 3.13 bits per heavy atom. The second kappa shape index (κ2) is 3.94. The van der Waals surface area contributed by atoms with Crippen molar-refractivity contribution in [2.75, 3.05) is 6.61 Å². The van der Waals surface area contributed by atoms with Gasteiger partial charge in [-0.15, -0.1) is 0 Å². The van der Waals surface area contributed by atoms with Gasteiger partial charge in [0.1, 0.15) is 5.82 Å². The number of aryl methyl sites for hydroxylation is 1. The average molecular weight is 209 g/mol. The Morgan fingerprint density at radius 1 is 1.73 bits per heavy atom. The summed E-state index contributed by atoms with van der Waals surface area (Å²) in [6.07, 6.45) is 7.81. The van der Waals surface area contributed by atoms with Gasteiger partial charge < -0.3 is 15.4 Å². The molecule has 2 atom stereocenters. The summed E-state index contributed by atoms with van der Waals surface area (Å²) in [6, 6.07) is 0.401. The lowest BCUT2D eigenvalue weighted by molar-refractivity contribution is 0.130. The van der Waals surface area contributed by atoms with E-state index in [0.29, 0.717) is 6.04 Å². The first kappa shape index (κ1) is 10.6. The summed E-state index contributed by atoms with van der Waals surface area (Å²) in [5.74, 6) is 1.03. The Bertz CT molecular complexity index is 336. The molecular formula is C11H19N3O. The SMILES string of the molecule is Cc1nccn1C1CCCC(N)(CO)C1. The molecule has 84 valence electrons. The molecule has 0 aromatic carbocycles. The molecule has 1 aromatic heterocycles. The first-order chi connectivity index (χ1) is 7.14. The number of hydrogen-bond acceptors (Lipinski definition) is 3. The number of nitrogens with two attached hydrogens (primary N) is 1. The van der Waals surface area contributed by atoms with Gasteiger partial charge >= 0.3 is 0 Å². The first-order valence-electron chi connectivity index (χ1n) is 5.54. The summed E-state index contributed by atoms with van der Waals surface area (Å²) < 4.78 is 2.18. The van der Waals surface area contributed by atoms with Gasteiger partial charge in [0.05, 0.1) is 6.61 Å². The molecule has 2 rings (SSSR count). The van der Waals surface area contributed by atoms with Crippen molar-refractivity contribution >= 4 is 0 Å². The molecule has 1 fully saturated rings. The van der Waals surface area contributed by atoms with Gasteiger partial charge in [-0.2, -0.15) is 0 Å². The molecule has 0 spiro atoms. The lowest BCUT2D eigenvalue weighted by Crippen LogP contribution is -2.47. The molecule has 15 heavy (non-hydrogen) atoms. The van der Waals surface area contributed by atoms with E-state index in [1.54, 1.807) is 0 Å². The molecule has 0 aliphatic heterocycles. The van der Waals surface area contributed by atoms with Gasteiger partial charge in [0.25, 0.3) is 0 Å². The van der Waals surface area contributed by atoms with Crippen LogP contribution in [-0.4, -0.2) is 26.8 Å². The maximum atomic E-state index is 9.28. The lowest BCUT2D eigenvalue weighted by Gasteiger charge is -2.37. The minimum absolute atomic E-state index is 0.0806. The van der Waals surface area contributed by atoms with Crippen molar-refractivity contribution in [3.63, 3.8) is 0 Å². The van der Waals surface area contributed by atoms with Crippen molar-refractivity contribution in [2.24, 2.45) is 5.73 Å². The molecule has 4 nitrogen and oxygen atoms in total. The topological polar surface area (TPSA) is 64.1 Å². The van der Waals surface area contributed by atoms with Crippen LogP contribution in [0.15, 0.2) is 12.4 Å². The Hall–Kier alpha value is -0.870. The van der Waals surface area contributed by atoms with Crippen molar-refractivity contribution in [3.05, 3.63) is 18.2 Å². The Balaban J connectivity index is 2.15. The second-order valence-electron chi connectivity index (χ2n) is 4.65. The zero-order valence-corrected chi connectivity index (χ0v) is 9.19. The van der Waals surface area contributed by atoms with E-state index in [4.69, 9.17) is 5.73 Å². The molecule has 2 unspecified atom stereocenters. The molecule has 0 saturated heterocycles. The van der Waals surface area contributed by atoms with Crippen LogP contribution < -0.4 is 5.73 Å². The zero-order valence-electron chi connectivity index (χ0n) is 9.19. The van der Waals surface area contributed by atoms with Crippen molar-refractivity contribution in [3.8, 4) is 0 Å². The lowest BCUT2D eigenvalue weighted by atomic mass is 9.80. The highest BCUT2D eigenvalue weighted by molar-refractivity contribution is 4.98. The molecule has 4 heteroatoms. The smallest absolute Gasteiger partial charge is 0.105 e. The van der Waals surface area contributed by atoms with E-state index in [9.17, 15) is 5.11 Å². The predicted molar refractivity (Wildman–Crippen MR) is 58.5 cm³/mol. The molecule has 1 aromatic rings. The highest BCUT2D eigenvalue weighted by Crippen LogP contribution is 2.34. The molecule has 1 aliphatic rings. The van der Waals surface area contributed by atoms with Crippen LogP contribution in [0, 0.1) is 6.92 Å².